The van der Waals surface area contributed by atoms with E-state index in [0.717, 1.165) is 10.9 Å². The summed E-state index contributed by atoms with van der Waals surface area (Å²) in [6.45, 7) is 7.99. The van der Waals surface area contributed by atoms with Crippen LogP contribution in [-0.4, -0.2) is 46.0 Å². The van der Waals surface area contributed by atoms with Crippen molar-refractivity contribution in [3.8, 4) is 0 Å². The lowest BCUT2D eigenvalue weighted by atomic mass is 10.1. The number of nitrogen functional groups attached to an aromatic ring is 1. The zero-order valence-electron chi connectivity index (χ0n) is 17.1. The number of benzene rings is 1. The van der Waals surface area contributed by atoms with Gasteiger partial charge in [0.1, 0.15) is 17.9 Å². The third-order valence-corrected chi connectivity index (χ3v) is 5.72. The summed E-state index contributed by atoms with van der Waals surface area (Å²) in [5.41, 5.74) is 7.38. The first-order valence-electron chi connectivity index (χ1n) is 9.43. The first-order valence-corrected chi connectivity index (χ1v) is 11.1. The van der Waals surface area contributed by atoms with Gasteiger partial charge in [-0.2, -0.15) is 0 Å². The van der Waals surface area contributed by atoms with E-state index in [1.807, 2.05) is 11.5 Å². The van der Waals surface area contributed by atoms with Gasteiger partial charge in [0.05, 0.1) is 34.6 Å². The number of hydrogen-bond donors (Lipinski definition) is 3. The molecule has 0 aliphatic carbocycles. The number of rotatable bonds is 8. The highest BCUT2D eigenvalue weighted by Gasteiger charge is 2.22. The quantitative estimate of drug-likeness (QED) is 0.508. The van der Waals surface area contributed by atoms with Gasteiger partial charge in [-0.1, -0.05) is 0 Å². The third kappa shape index (κ3) is 4.60. The van der Waals surface area contributed by atoms with Crippen LogP contribution >= 0.6 is 0 Å². The fraction of sp³-hybridized carbons (Fsp3) is 0.474. The van der Waals surface area contributed by atoms with Crippen molar-refractivity contribution in [2.24, 2.45) is 0 Å². The summed E-state index contributed by atoms with van der Waals surface area (Å²) in [6, 6.07) is 5.10. The molecule has 2 heterocycles. The zero-order valence-corrected chi connectivity index (χ0v) is 17.9. The van der Waals surface area contributed by atoms with Crippen molar-refractivity contribution in [3.05, 3.63) is 24.0 Å². The van der Waals surface area contributed by atoms with Gasteiger partial charge >= 0.3 is 0 Å². The topological polar surface area (TPSA) is 132 Å². The molecule has 3 aromatic rings. The molecule has 0 amide bonds. The van der Waals surface area contributed by atoms with Gasteiger partial charge in [-0.3, -0.25) is 4.72 Å². The van der Waals surface area contributed by atoms with Gasteiger partial charge < -0.3 is 20.1 Å². The zero-order chi connectivity index (χ0) is 21.4. The predicted octanol–water partition coefficient (Wildman–Crippen LogP) is 2.24. The fourth-order valence-electron chi connectivity index (χ4n) is 3.13. The molecule has 0 saturated heterocycles. The lowest BCUT2D eigenvalue weighted by Gasteiger charge is -2.20. The van der Waals surface area contributed by atoms with E-state index in [2.05, 4.69) is 14.7 Å². The molecule has 0 spiro atoms. The van der Waals surface area contributed by atoms with Gasteiger partial charge in [-0.25, -0.2) is 18.4 Å². The number of nitrogens with one attached hydrogen (secondary N) is 1. The molecule has 0 unspecified atom stereocenters. The van der Waals surface area contributed by atoms with Crippen LogP contribution in [-0.2, 0) is 27.9 Å². The van der Waals surface area contributed by atoms with Gasteiger partial charge in [-0.05, 0) is 45.9 Å². The van der Waals surface area contributed by atoms with Crippen LogP contribution in [0.15, 0.2) is 18.2 Å². The van der Waals surface area contributed by atoms with Gasteiger partial charge in [0.25, 0.3) is 0 Å². The number of sulfonamides is 1. The van der Waals surface area contributed by atoms with Crippen LogP contribution in [0.5, 0.6) is 0 Å². The molecule has 3 rings (SSSR count). The van der Waals surface area contributed by atoms with Gasteiger partial charge in [0, 0.05) is 12.0 Å². The van der Waals surface area contributed by atoms with Crippen LogP contribution < -0.4 is 10.5 Å². The first-order chi connectivity index (χ1) is 13.5. The standard InChI is InChI=1S/C19H27N5O4S/c1-5-28-10-15-22-16-17(24(15)11-19(3,4)25)13-8-7-12(23-29(26,27)6-2)9-14(13)21-18(16)20/h7-9,23,25H,5-6,10-11H2,1-4H3,(H2,20,21). The minimum Gasteiger partial charge on any atom is -0.389 e. The fourth-order valence-corrected chi connectivity index (χ4v) is 3.76. The Morgan fingerprint density at radius 3 is 2.62 bits per heavy atom. The van der Waals surface area contributed by atoms with Crippen LogP contribution in [0.3, 0.4) is 0 Å². The monoisotopic (exact) mass is 421 g/mol. The summed E-state index contributed by atoms with van der Waals surface area (Å²) in [6.07, 6.45) is 0. The normalized spacial score (nSPS) is 12.7. The highest BCUT2D eigenvalue weighted by molar-refractivity contribution is 7.92. The largest absolute Gasteiger partial charge is 0.389 e. The minimum atomic E-state index is -3.41. The number of nitrogens with two attached hydrogens (primary N) is 1. The Hall–Kier alpha value is -2.43. The minimum absolute atomic E-state index is 0.0290. The lowest BCUT2D eigenvalue weighted by molar-refractivity contribution is 0.0582. The summed E-state index contributed by atoms with van der Waals surface area (Å²) >= 11 is 0. The Balaban J connectivity index is 2.24. The molecular weight excluding hydrogens is 394 g/mol. The van der Waals surface area contributed by atoms with Crippen molar-refractivity contribution in [2.75, 3.05) is 22.8 Å². The molecular formula is C19H27N5O4S. The highest BCUT2D eigenvalue weighted by Crippen LogP contribution is 2.31. The second-order valence-electron chi connectivity index (χ2n) is 7.50. The smallest absolute Gasteiger partial charge is 0.232 e. The van der Waals surface area contributed by atoms with Crippen molar-refractivity contribution in [1.82, 2.24) is 14.5 Å². The summed E-state index contributed by atoms with van der Waals surface area (Å²) < 4.78 is 33.7. The number of anilines is 2. The second-order valence-corrected chi connectivity index (χ2v) is 9.51. The number of aromatic nitrogens is 3. The van der Waals surface area contributed by atoms with E-state index >= 15 is 0 Å². The second kappa shape index (κ2) is 7.77. The van der Waals surface area contributed by atoms with E-state index in [0.29, 0.717) is 29.2 Å². The Labute approximate surface area is 169 Å². The summed E-state index contributed by atoms with van der Waals surface area (Å²) in [5, 5.41) is 11.2. The number of imidazole rings is 1. The van der Waals surface area contributed by atoms with Crippen molar-refractivity contribution in [3.63, 3.8) is 0 Å². The Morgan fingerprint density at radius 1 is 1.28 bits per heavy atom. The van der Waals surface area contributed by atoms with E-state index in [-0.39, 0.29) is 24.7 Å². The molecule has 158 valence electrons. The van der Waals surface area contributed by atoms with Gasteiger partial charge in [-0.15, -0.1) is 0 Å². The number of nitrogens with zero attached hydrogens (tertiary/aromatic N) is 3. The molecule has 1 aromatic carbocycles. The molecule has 29 heavy (non-hydrogen) atoms. The number of aliphatic hydroxyl groups is 1. The maximum absolute atomic E-state index is 11.9. The van der Waals surface area contributed by atoms with Crippen LogP contribution in [0.1, 0.15) is 33.5 Å². The van der Waals surface area contributed by atoms with Gasteiger partial charge in [0.2, 0.25) is 10.0 Å². The summed E-state index contributed by atoms with van der Waals surface area (Å²) in [4.78, 5) is 9.02. The van der Waals surface area contributed by atoms with Crippen LogP contribution in [0, 0.1) is 0 Å². The summed E-state index contributed by atoms with van der Waals surface area (Å²) in [5.74, 6) is 0.842. The van der Waals surface area contributed by atoms with Crippen molar-refractivity contribution in [2.45, 2.75) is 46.4 Å². The van der Waals surface area contributed by atoms with Gasteiger partial charge in [0.15, 0.2) is 5.82 Å². The average molecular weight is 422 g/mol. The lowest BCUT2D eigenvalue weighted by Crippen LogP contribution is -2.27. The molecule has 0 bridgehead atoms. The molecule has 2 aromatic heterocycles. The first kappa shape index (κ1) is 21.3. The molecule has 4 N–H and O–H groups in total. The maximum atomic E-state index is 11.9. The van der Waals surface area contributed by atoms with E-state index in [4.69, 9.17) is 10.5 Å². The summed E-state index contributed by atoms with van der Waals surface area (Å²) in [7, 11) is -3.41. The molecule has 0 saturated carbocycles. The average Bonchev–Trinajstić information content (AvgIpc) is 2.97. The highest BCUT2D eigenvalue weighted by atomic mass is 32.2. The van der Waals surface area contributed by atoms with Crippen LogP contribution in [0.4, 0.5) is 11.5 Å². The Kier molecular flexibility index (Phi) is 5.70. The maximum Gasteiger partial charge on any atom is 0.232 e. The van der Waals surface area contributed by atoms with E-state index in [1.54, 1.807) is 39.0 Å². The predicted molar refractivity (Wildman–Crippen MR) is 114 cm³/mol. The number of hydrogen-bond acceptors (Lipinski definition) is 7. The van der Waals surface area contributed by atoms with Crippen LogP contribution in [0.2, 0.25) is 0 Å². The number of ether oxygens (including phenoxy) is 1. The molecule has 0 aliphatic rings. The third-order valence-electron chi connectivity index (χ3n) is 4.42. The van der Waals surface area contributed by atoms with Crippen molar-refractivity contribution >= 4 is 43.5 Å². The Bertz CT molecular complexity index is 1150. The molecule has 10 heteroatoms. The molecule has 0 aliphatic heterocycles. The Morgan fingerprint density at radius 2 is 2.00 bits per heavy atom. The number of pyridine rings is 1. The number of fused-ring (bicyclic) bond motifs is 3. The molecule has 0 radical (unpaired) electrons. The van der Waals surface area contributed by atoms with Crippen molar-refractivity contribution in [1.29, 1.82) is 0 Å². The molecule has 9 nitrogen and oxygen atoms in total. The van der Waals surface area contributed by atoms with E-state index in [1.165, 1.54) is 0 Å². The van der Waals surface area contributed by atoms with Crippen LogP contribution in [0.25, 0.3) is 21.9 Å². The SMILES string of the molecule is CCOCc1nc2c(N)nc3cc(NS(=O)(=O)CC)ccc3c2n1CC(C)(C)O. The van der Waals surface area contributed by atoms with E-state index < -0.39 is 15.6 Å². The molecule has 0 atom stereocenters. The van der Waals surface area contributed by atoms with E-state index in [9.17, 15) is 13.5 Å². The molecule has 0 fully saturated rings. The van der Waals surface area contributed by atoms with Crippen molar-refractivity contribution < 1.29 is 18.3 Å².